The van der Waals surface area contributed by atoms with Crippen LogP contribution >= 0.6 is 0 Å². The van der Waals surface area contributed by atoms with Gasteiger partial charge in [-0.05, 0) is 37.8 Å². The van der Waals surface area contributed by atoms with Crippen LogP contribution in [0.4, 0.5) is 0 Å². The van der Waals surface area contributed by atoms with Gasteiger partial charge in [0.05, 0.1) is 17.9 Å². The van der Waals surface area contributed by atoms with Crippen LogP contribution in [-0.2, 0) is 26.4 Å². The van der Waals surface area contributed by atoms with Gasteiger partial charge in [0, 0.05) is 19.7 Å². The summed E-state index contributed by atoms with van der Waals surface area (Å²) in [4.78, 5) is 24.0. The number of aromatic nitrogens is 4. The van der Waals surface area contributed by atoms with Crippen LogP contribution < -0.4 is 10.9 Å². The zero-order chi connectivity index (χ0) is 15.7. The standard InChI is InChI=1S/C15H19N5O2/c1-10-8-13(19(2)17-10)15(22)16-6-7-20-14(21)9-11-4-3-5-12(11)18-20/h8-9H,3-7H2,1-2H3,(H,16,22). The number of hydrogen-bond donors (Lipinski definition) is 1. The summed E-state index contributed by atoms with van der Waals surface area (Å²) in [5, 5.41) is 11.3. The Morgan fingerprint density at radius 1 is 1.32 bits per heavy atom. The van der Waals surface area contributed by atoms with Crippen molar-refractivity contribution in [1.29, 1.82) is 0 Å². The predicted molar refractivity (Wildman–Crippen MR) is 80.8 cm³/mol. The fourth-order valence-electron chi connectivity index (χ4n) is 2.79. The topological polar surface area (TPSA) is 81.8 Å². The van der Waals surface area contributed by atoms with Crippen molar-refractivity contribution in [2.75, 3.05) is 6.54 Å². The number of nitrogens with one attached hydrogen (secondary N) is 1. The molecule has 0 saturated carbocycles. The van der Waals surface area contributed by atoms with Gasteiger partial charge in [-0.3, -0.25) is 14.3 Å². The first-order valence-corrected chi connectivity index (χ1v) is 7.43. The highest BCUT2D eigenvalue weighted by atomic mass is 16.2. The third-order valence-corrected chi connectivity index (χ3v) is 3.87. The largest absolute Gasteiger partial charge is 0.349 e. The van der Waals surface area contributed by atoms with E-state index in [9.17, 15) is 9.59 Å². The van der Waals surface area contributed by atoms with E-state index in [1.807, 2.05) is 6.92 Å². The Hall–Kier alpha value is -2.44. The van der Waals surface area contributed by atoms with E-state index < -0.39 is 0 Å². The number of hydrogen-bond acceptors (Lipinski definition) is 4. The minimum Gasteiger partial charge on any atom is -0.349 e. The smallest absolute Gasteiger partial charge is 0.269 e. The highest BCUT2D eigenvalue weighted by Crippen LogP contribution is 2.16. The maximum atomic E-state index is 12.1. The van der Waals surface area contributed by atoms with Gasteiger partial charge in [-0.2, -0.15) is 10.2 Å². The van der Waals surface area contributed by atoms with Gasteiger partial charge in [-0.1, -0.05) is 0 Å². The molecule has 0 unspecified atom stereocenters. The van der Waals surface area contributed by atoms with Gasteiger partial charge in [-0.15, -0.1) is 0 Å². The highest BCUT2D eigenvalue weighted by Gasteiger charge is 2.15. The summed E-state index contributed by atoms with van der Waals surface area (Å²) < 4.78 is 2.98. The van der Waals surface area contributed by atoms with Crippen molar-refractivity contribution in [1.82, 2.24) is 24.9 Å². The monoisotopic (exact) mass is 301 g/mol. The number of amides is 1. The molecular weight excluding hydrogens is 282 g/mol. The Morgan fingerprint density at radius 3 is 2.86 bits per heavy atom. The van der Waals surface area contributed by atoms with Crippen LogP contribution in [0, 0.1) is 6.92 Å². The molecule has 7 heteroatoms. The lowest BCUT2D eigenvalue weighted by Crippen LogP contribution is -2.33. The molecule has 0 bridgehead atoms. The maximum absolute atomic E-state index is 12.1. The van der Waals surface area contributed by atoms with E-state index in [-0.39, 0.29) is 11.5 Å². The Morgan fingerprint density at radius 2 is 2.14 bits per heavy atom. The average molecular weight is 301 g/mol. The van der Waals surface area contributed by atoms with Gasteiger partial charge in [-0.25, -0.2) is 4.68 Å². The summed E-state index contributed by atoms with van der Waals surface area (Å²) in [6.07, 6.45) is 2.92. The summed E-state index contributed by atoms with van der Waals surface area (Å²) in [6.45, 7) is 2.56. The highest BCUT2D eigenvalue weighted by molar-refractivity contribution is 5.92. The molecule has 22 heavy (non-hydrogen) atoms. The number of carbonyl (C=O) groups is 1. The third-order valence-electron chi connectivity index (χ3n) is 3.87. The molecule has 0 spiro atoms. The molecule has 1 N–H and O–H groups in total. The van der Waals surface area contributed by atoms with Crippen LogP contribution in [0.3, 0.4) is 0 Å². The summed E-state index contributed by atoms with van der Waals surface area (Å²) in [7, 11) is 1.73. The Kier molecular flexibility index (Phi) is 3.79. The molecule has 1 aliphatic rings. The SMILES string of the molecule is Cc1cc(C(=O)NCCn2nc3c(cc2=O)CCC3)n(C)n1. The first-order chi connectivity index (χ1) is 10.5. The molecule has 116 valence electrons. The zero-order valence-corrected chi connectivity index (χ0v) is 12.8. The Balaban J connectivity index is 1.63. The fourth-order valence-corrected chi connectivity index (χ4v) is 2.79. The molecular formula is C15H19N5O2. The molecule has 2 aromatic rings. The lowest BCUT2D eigenvalue weighted by Gasteiger charge is -2.08. The molecule has 0 atom stereocenters. The number of nitrogens with zero attached hydrogens (tertiary/aromatic N) is 4. The van der Waals surface area contributed by atoms with Gasteiger partial charge >= 0.3 is 0 Å². The molecule has 2 aromatic heterocycles. The van der Waals surface area contributed by atoms with E-state index in [1.54, 1.807) is 23.9 Å². The molecule has 0 fully saturated rings. The third kappa shape index (κ3) is 2.79. The van der Waals surface area contributed by atoms with Crippen molar-refractivity contribution in [3.8, 4) is 0 Å². The van der Waals surface area contributed by atoms with Crippen LogP contribution in [0.2, 0.25) is 0 Å². The van der Waals surface area contributed by atoms with Gasteiger partial charge < -0.3 is 5.32 Å². The second kappa shape index (κ2) is 5.75. The van der Waals surface area contributed by atoms with E-state index in [0.717, 1.165) is 36.2 Å². The van der Waals surface area contributed by atoms with Gasteiger partial charge in [0.25, 0.3) is 11.5 Å². The van der Waals surface area contributed by atoms with Crippen molar-refractivity contribution in [3.05, 3.63) is 45.1 Å². The Bertz CT molecular complexity index is 775. The number of aryl methyl sites for hydroxylation is 4. The van der Waals surface area contributed by atoms with Crippen molar-refractivity contribution in [2.24, 2.45) is 7.05 Å². The zero-order valence-electron chi connectivity index (χ0n) is 12.8. The number of carbonyl (C=O) groups excluding carboxylic acids is 1. The van der Waals surface area contributed by atoms with E-state index in [2.05, 4.69) is 15.5 Å². The number of rotatable bonds is 4. The Labute approximate surface area is 128 Å². The average Bonchev–Trinajstić information content (AvgIpc) is 3.04. The van der Waals surface area contributed by atoms with Gasteiger partial charge in [0.2, 0.25) is 0 Å². The van der Waals surface area contributed by atoms with E-state index >= 15 is 0 Å². The minimum atomic E-state index is -0.197. The predicted octanol–water partition coefficient (Wildman–Crippen LogP) is 0.204. The van der Waals surface area contributed by atoms with Crippen LogP contribution in [0.1, 0.15) is 33.9 Å². The molecule has 0 radical (unpaired) electrons. The van der Waals surface area contributed by atoms with Gasteiger partial charge in [0.1, 0.15) is 5.69 Å². The molecule has 7 nitrogen and oxygen atoms in total. The fraction of sp³-hybridized carbons (Fsp3) is 0.467. The molecule has 0 aliphatic heterocycles. The van der Waals surface area contributed by atoms with E-state index in [1.165, 1.54) is 4.68 Å². The lowest BCUT2D eigenvalue weighted by molar-refractivity contribution is 0.0942. The normalized spacial score (nSPS) is 13.2. The molecule has 3 rings (SSSR count). The van der Waals surface area contributed by atoms with Gasteiger partial charge in [0.15, 0.2) is 0 Å². The molecule has 1 amide bonds. The van der Waals surface area contributed by atoms with E-state index in [4.69, 9.17) is 0 Å². The van der Waals surface area contributed by atoms with Crippen molar-refractivity contribution in [2.45, 2.75) is 32.7 Å². The van der Waals surface area contributed by atoms with Crippen molar-refractivity contribution in [3.63, 3.8) is 0 Å². The van der Waals surface area contributed by atoms with Crippen LogP contribution in [0.15, 0.2) is 16.9 Å². The van der Waals surface area contributed by atoms with Crippen LogP contribution in [-0.4, -0.2) is 32.0 Å². The van der Waals surface area contributed by atoms with Crippen molar-refractivity contribution < 1.29 is 4.79 Å². The second-order valence-corrected chi connectivity index (χ2v) is 5.58. The minimum absolute atomic E-state index is 0.105. The van der Waals surface area contributed by atoms with E-state index in [0.29, 0.717) is 18.8 Å². The van der Waals surface area contributed by atoms with Crippen LogP contribution in [0.5, 0.6) is 0 Å². The first-order valence-electron chi connectivity index (χ1n) is 7.43. The maximum Gasteiger partial charge on any atom is 0.269 e. The second-order valence-electron chi connectivity index (χ2n) is 5.58. The summed E-state index contributed by atoms with van der Waals surface area (Å²) in [5.41, 5.74) is 3.27. The lowest BCUT2D eigenvalue weighted by atomic mass is 10.2. The molecule has 0 aromatic carbocycles. The first kappa shape index (κ1) is 14.5. The molecule has 2 heterocycles. The summed E-state index contributed by atoms with van der Waals surface area (Å²) in [5.74, 6) is -0.197. The quantitative estimate of drug-likeness (QED) is 0.875. The number of fused-ring (bicyclic) bond motifs is 1. The summed E-state index contributed by atoms with van der Waals surface area (Å²) in [6, 6.07) is 3.40. The van der Waals surface area contributed by atoms with Crippen LogP contribution in [0.25, 0.3) is 0 Å². The van der Waals surface area contributed by atoms with Crippen molar-refractivity contribution >= 4 is 5.91 Å². The molecule has 1 aliphatic carbocycles. The molecule has 0 saturated heterocycles. The summed E-state index contributed by atoms with van der Waals surface area (Å²) >= 11 is 0.